The maximum atomic E-state index is 5.33. The van der Waals surface area contributed by atoms with Crippen LogP contribution >= 0.6 is 0 Å². The van der Waals surface area contributed by atoms with Crippen molar-refractivity contribution in [3.8, 4) is 0 Å². The SMILES string of the molecule is CO[Si](CCCNCCN)(O[Si])O[Si]. The molecule has 0 rings (SSSR count). The van der Waals surface area contributed by atoms with Crippen LogP contribution in [0.15, 0.2) is 0 Å². The minimum atomic E-state index is -2.52. The normalized spacial score (nSPS) is 12.0. The second-order valence-corrected chi connectivity index (χ2v) is 6.64. The molecular weight excluding hydrogens is 232 g/mol. The summed E-state index contributed by atoms with van der Waals surface area (Å²) >= 11 is 0. The lowest BCUT2D eigenvalue weighted by molar-refractivity contribution is 0.218. The summed E-state index contributed by atoms with van der Waals surface area (Å²) in [6, 6.07) is 0.730. The molecule has 8 heteroatoms. The van der Waals surface area contributed by atoms with Crippen molar-refractivity contribution < 1.29 is 12.7 Å². The van der Waals surface area contributed by atoms with Gasteiger partial charge in [0, 0.05) is 26.2 Å². The minimum Gasteiger partial charge on any atom is -0.416 e. The molecule has 0 aliphatic rings. The van der Waals surface area contributed by atoms with E-state index < -0.39 is 8.80 Å². The first-order valence-electron chi connectivity index (χ1n) is 4.40. The molecule has 0 aromatic rings. The third kappa shape index (κ3) is 5.36. The summed E-state index contributed by atoms with van der Waals surface area (Å²) in [7, 11) is 4.98. The van der Waals surface area contributed by atoms with Gasteiger partial charge in [-0.1, -0.05) is 0 Å². The summed E-state index contributed by atoms with van der Waals surface area (Å²) in [5.41, 5.74) is 5.33. The Balaban J connectivity index is 3.61. The van der Waals surface area contributed by atoms with Crippen molar-refractivity contribution in [2.45, 2.75) is 12.5 Å². The molecule has 0 aromatic heterocycles. The highest BCUT2D eigenvalue weighted by molar-refractivity contribution is 6.66. The van der Waals surface area contributed by atoms with E-state index >= 15 is 0 Å². The Labute approximate surface area is 93.1 Å². The van der Waals surface area contributed by atoms with Crippen LogP contribution in [0.2, 0.25) is 6.04 Å². The maximum absolute atomic E-state index is 5.33. The van der Waals surface area contributed by atoms with Gasteiger partial charge in [-0.3, -0.25) is 0 Å². The maximum Gasteiger partial charge on any atom is 0.479 e. The zero-order chi connectivity index (χ0) is 10.9. The van der Waals surface area contributed by atoms with Crippen molar-refractivity contribution in [1.82, 2.24) is 5.32 Å². The summed E-state index contributed by atoms with van der Waals surface area (Å²) < 4.78 is 15.3. The third-order valence-electron chi connectivity index (χ3n) is 1.78. The molecule has 0 bridgehead atoms. The number of hydrogen-bond donors (Lipinski definition) is 2. The van der Waals surface area contributed by atoms with E-state index in [1.54, 1.807) is 7.11 Å². The first-order chi connectivity index (χ1) is 6.74. The Kier molecular flexibility index (Phi) is 9.02. The van der Waals surface area contributed by atoms with E-state index in [-0.39, 0.29) is 0 Å². The van der Waals surface area contributed by atoms with Crippen LogP contribution in [0.4, 0.5) is 0 Å². The number of hydrogen-bond acceptors (Lipinski definition) is 5. The number of rotatable bonds is 9. The Hall–Kier alpha value is 0.451. The van der Waals surface area contributed by atoms with E-state index in [9.17, 15) is 0 Å². The van der Waals surface area contributed by atoms with E-state index in [1.807, 2.05) is 0 Å². The van der Waals surface area contributed by atoms with Crippen LogP contribution in [0.25, 0.3) is 0 Å². The molecule has 0 aliphatic carbocycles. The summed E-state index contributed by atoms with van der Waals surface area (Å²) in [6.07, 6.45) is 0.912. The highest BCUT2D eigenvalue weighted by Gasteiger charge is 2.35. The van der Waals surface area contributed by atoms with Crippen LogP contribution < -0.4 is 11.1 Å². The number of nitrogens with two attached hydrogens (primary N) is 1. The van der Waals surface area contributed by atoms with Crippen molar-refractivity contribution >= 4 is 29.8 Å². The van der Waals surface area contributed by atoms with Crippen LogP contribution in [0, 0.1) is 0 Å². The molecule has 5 nitrogen and oxygen atoms in total. The monoisotopic (exact) mass is 248 g/mol. The summed E-state index contributed by atoms with van der Waals surface area (Å²) in [4.78, 5) is 0. The fourth-order valence-electron chi connectivity index (χ4n) is 0.965. The predicted molar refractivity (Wildman–Crippen MR) is 57.8 cm³/mol. The zero-order valence-corrected chi connectivity index (χ0v) is 11.3. The lowest BCUT2D eigenvalue weighted by Gasteiger charge is -2.24. The highest BCUT2D eigenvalue weighted by atomic mass is 28.4. The van der Waals surface area contributed by atoms with Crippen LogP contribution in [0.5, 0.6) is 0 Å². The topological polar surface area (TPSA) is 65.7 Å². The average Bonchev–Trinajstić information content (AvgIpc) is 2.24. The van der Waals surface area contributed by atoms with Gasteiger partial charge in [0.15, 0.2) is 0 Å². The van der Waals surface area contributed by atoms with E-state index in [1.165, 1.54) is 0 Å². The van der Waals surface area contributed by atoms with E-state index in [4.69, 9.17) is 18.4 Å². The van der Waals surface area contributed by atoms with Gasteiger partial charge in [0.1, 0.15) is 0 Å². The molecule has 0 unspecified atom stereocenters. The molecule has 14 heavy (non-hydrogen) atoms. The van der Waals surface area contributed by atoms with Crippen LogP contribution in [-0.2, 0) is 12.7 Å². The molecule has 0 aliphatic heterocycles. The lowest BCUT2D eigenvalue weighted by Crippen LogP contribution is -2.44. The van der Waals surface area contributed by atoms with Gasteiger partial charge < -0.3 is 23.7 Å². The highest BCUT2D eigenvalue weighted by Crippen LogP contribution is 2.13. The summed E-state index contributed by atoms with van der Waals surface area (Å²) in [5, 5.41) is 3.18. The van der Waals surface area contributed by atoms with Crippen LogP contribution in [0.1, 0.15) is 6.42 Å². The quantitative estimate of drug-likeness (QED) is 0.393. The fraction of sp³-hybridized carbons (Fsp3) is 1.00. The molecule has 0 amide bonds. The Morgan fingerprint density at radius 2 is 1.93 bits per heavy atom. The second-order valence-electron chi connectivity index (χ2n) is 2.73. The van der Waals surface area contributed by atoms with Gasteiger partial charge in [0.25, 0.3) is 0 Å². The van der Waals surface area contributed by atoms with Gasteiger partial charge in [-0.2, -0.15) is 0 Å². The molecule has 3 N–H and O–H groups in total. The molecule has 0 heterocycles. The molecule has 0 spiro atoms. The molecule has 80 valence electrons. The average molecular weight is 248 g/mol. The fourth-order valence-corrected chi connectivity index (χ4v) is 3.80. The first-order valence-corrected chi connectivity index (χ1v) is 7.15. The molecule has 6 radical (unpaired) electrons. The largest absolute Gasteiger partial charge is 0.479 e. The van der Waals surface area contributed by atoms with Crippen molar-refractivity contribution in [2.24, 2.45) is 5.73 Å². The van der Waals surface area contributed by atoms with Gasteiger partial charge in [-0.05, 0) is 13.0 Å². The summed E-state index contributed by atoms with van der Waals surface area (Å²) in [6.45, 7) is 2.35. The molecule has 0 saturated carbocycles. The Bertz CT molecular complexity index is 129. The van der Waals surface area contributed by atoms with Crippen molar-refractivity contribution in [2.75, 3.05) is 26.7 Å². The van der Waals surface area contributed by atoms with Crippen molar-refractivity contribution in [3.63, 3.8) is 0 Å². The van der Waals surface area contributed by atoms with Crippen molar-refractivity contribution in [1.29, 1.82) is 0 Å². The molecule has 0 atom stereocenters. The van der Waals surface area contributed by atoms with Gasteiger partial charge in [0.2, 0.25) is 21.0 Å². The summed E-state index contributed by atoms with van der Waals surface area (Å²) in [5.74, 6) is 0. The van der Waals surface area contributed by atoms with Gasteiger partial charge in [0.05, 0.1) is 0 Å². The van der Waals surface area contributed by atoms with Gasteiger partial charge >= 0.3 is 8.80 Å². The van der Waals surface area contributed by atoms with E-state index in [0.29, 0.717) is 6.54 Å². The van der Waals surface area contributed by atoms with Gasteiger partial charge in [-0.15, -0.1) is 0 Å². The standard InChI is InChI=1S/C6H16N2O3Si3/c1-9-14(10-12,11-13)6-2-4-8-5-3-7/h8H,2-7H2,1H3. The second kappa shape index (κ2) is 8.73. The van der Waals surface area contributed by atoms with E-state index in [2.05, 4.69) is 26.3 Å². The van der Waals surface area contributed by atoms with Gasteiger partial charge in [-0.25, -0.2) is 0 Å². The van der Waals surface area contributed by atoms with E-state index in [0.717, 1.165) is 25.6 Å². The Morgan fingerprint density at radius 3 is 2.36 bits per heavy atom. The zero-order valence-electron chi connectivity index (χ0n) is 8.34. The Morgan fingerprint density at radius 1 is 1.29 bits per heavy atom. The lowest BCUT2D eigenvalue weighted by atomic mass is 10.5. The van der Waals surface area contributed by atoms with Crippen LogP contribution in [0.3, 0.4) is 0 Å². The first kappa shape index (κ1) is 14.5. The molecule has 0 saturated heterocycles. The van der Waals surface area contributed by atoms with Crippen molar-refractivity contribution in [3.05, 3.63) is 0 Å². The molecule has 0 aromatic carbocycles. The minimum absolute atomic E-state index is 0.649. The number of nitrogens with one attached hydrogen (secondary N) is 1. The third-order valence-corrected chi connectivity index (χ3v) is 5.86. The predicted octanol–water partition coefficient (Wildman–Crippen LogP) is -1.29. The molecule has 0 fully saturated rings. The smallest absolute Gasteiger partial charge is 0.416 e. The van der Waals surface area contributed by atoms with Crippen LogP contribution in [-0.4, -0.2) is 56.5 Å². The molecular formula is C6H16N2O3Si3.